The summed E-state index contributed by atoms with van der Waals surface area (Å²) in [6, 6.07) is 6.99. The summed E-state index contributed by atoms with van der Waals surface area (Å²) < 4.78 is 11.1. The Morgan fingerprint density at radius 2 is 2.14 bits per heavy atom. The van der Waals surface area contributed by atoms with Crippen molar-refractivity contribution in [2.45, 2.75) is 31.8 Å². The first-order valence-corrected chi connectivity index (χ1v) is 7.77. The molecular formula is C16H22ClNO3. The fraction of sp³-hybridized carbons (Fsp3) is 0.562. The third-order valence-electron chi connectivity index (χ3n) is 3.66. The number of hydrogen-bond acceptors (Lipinski definition) is 3. The first-order valence-electron chi connectivity index (χ1n) is 7.39. The standard InChI is InChI=1S/C16H22ClNO3/c1-18(10-9-14-4-2-3-11-20-14)16(19)12-21-15-7-5-13(17)6-8-15/h5-8,14H,2-4,9-12H2,1H3. The number of carbonyl (C=O) groups excluding carboxylic acids is 1. The largest absolute Gasteiger partial charge is 0.484 e. The minimum atomic E-state index is -0.0271. The van der Waals surface area contributed by atoms with E-state index in [1.165, 1.54) is 6.42 Å². The molecule has 0 aromatic heterocycles. The van der Waals surface area contributed by atoms with Crippen molar-refractivity contribution >= 4 is 17.5 Å². The first-order chi connectivity index (χ1) is 10.1. The predicted molar refractivity (Wildman–Crippen MR) is 82.8 cm³/mol. The Hall–Kier alpha value is -1.26. The number of ether oxygens (including phenoxy) is 2. The highest BCUT2D eigenvalue weighted by atomic mass is 35.5. The van der Waals surface area contributed by atoms with E-state index in [9.17, 15) is 4.79 Å². The molecule has 1 aliphatic heterocycles. The van der Waals surface area contributed by atoms with Crippen LogP contribution in [-0.4, -0.2) is 43.7 Å². The molecule has 1 saturated heterocycles. The van der Waals surface area contributed by atoms with Crippen molar-refractivity contribution in [1.29, 1.82) is 0 Å². The van der Waals surface area contributed by atoms with Gasteiger partial charge in [0.25, 0.3) is 5.91 Å². The van der Waals surface area contributed by atoms with Gasteiger partial charge in [-0.1, -0.05) is 11.6 Å². The van der Waals surface area contributed by atoms with Crippen molar-refractivity contribution in [2.75, 3.05) is 26.8 Å². The second-order valence-corrected chi connectivity index (χ2v) is 5.77. The van der Waals surface area contributed by atoms with Gasteiger partial charge in [0, 0.05) is 25.2 Å². The Kier molecular flexibility index (Phi) is 6.33. The summed E-state index contributed by atoms with van der Waals surface area (Å²) in [5, 5.41) is 0.651. The molecule has 0 bridgehead atoms. The molecule has 1 aromatic rings. The zero-order valence-corrected chi connectivity index (χ0v) is 13.1. The highest BCUT2D eigenvalue weighted by molar-refractivity contribution is 6.30. The summed E-state index contributed by atoms with van der Waals surface area (Å²) in [5.74, 6) is 0.623. The molecule has 0 aliphatic carbocycles. The van der Waals surface area contributed by atoms with Crippen LogP contribution in [0, 0.1) is 0 Å². The lowest BCUT2D eigenvalue weighted by molar-refractivity contribution is -0.132. The topological polar surface area (TPSA) is 38.8 Å². The quantitative estimate of drug-likeness (QED) is 0.810. The maximum Gasteiger partial charge on any atom is 0.260 e. The monoisotopic (exact) mass is 311 g/mol. The van der Waals surface area contributed by atoms with Crippen LogP contribution in [0.15, 0.2) is 24.3 Å². The molecule has 1 unspecified atom stereocenters. The lowest BCUT2D eigenvalue weighted by atomic mass is 10.1. The average molecular weight is 312 g/mol. The van der Waals surface area contributed by atoms with Gasteiger partial charge in [-0.2, -0.15) is 0 Å². The summed E-state index contributed by atoms with van der Waals surface area (Å²) in [5.41, 5.74) is 0. The predicted octanol–water partition coefficient (Wildman–Crippen LogP) is 3.14. The summed E-state index contributed by atoms with van der Waals surface area (Å²) >= 11 is 5.80. The van der Waals surface area contributed by atoms with E-state index in [-0.39, 0.29) is 12.5 Å². The summed E-state index contributed by atoms with van der Waals surface area (Å²) in [6.45, 7) is 1.60. The molecule has 5 heteroatoms. The van der Waals surface area contributed by atoms with Crippen molar-refractivity contribution in [3.05, 3.63) is 29.3 Å². The zero-order chi connectivity index (χ0) is 15.1. The lowest BCUT2D eigenvalue weighted by Crippen LogP contribution is -2.34. The molecule has 0 spiro atoms. The van der Waals surface area contributed by atoms with E-state index in [4.69, 9.17) is 21.1 Å². The van der Waals surface area contributed by atoms with Gasteiger partial charge in [-0.25, -0.2) is 0 Å². The van der Waals surface area contributed by atoms with E-state index in [1.54, 1.807) is 36.2 Å². The smallest absolute Gasteiger partial charge is 0.260 e. The number of amides is 1. The van der Waals surface area contributed by atoms with Crippen molar-refractivity contribution in [3.63, 3.8) is 0 Å². The van der Waals surface area contributed by atoms with Crippen molar-refractivity contribution in [2.24, 2.45) is 0 Å². The molecule has 1 fully saturated rings. The number of nitrogens with zero attached hydrogens (tertiary/aromatic N) is 1. The SMILES string of the molecule is CN(CCC1CCCCO1)C(=O)COc1ccc(Cl)cc1. The first kappa shape index (κ1) is 16.1. The Morgan fingerprint density at radius 3 is 2.81 bits per heavy atom. The minimum absolute atomic E-state index is 0.0271. The van der Waals surface area contributed by atoms with Gasteiger partial charge < -0.3 is 14.4 Å². The van der Waals surface area contributed by atoms with Crippen LogP contribution in [0.3, 0.4) is 0 Å². The number of rotatable bonds is 6. The minimum Gasteiger partial charge on any atom is -0.484 e. The lowest BCUT2D eigenvalue weighted by Gasteiger charge is -2.25. The molecule has 1 amide bonds. The number of hydrogen-bond donors (Lipinski definition) is 0. The molecule has 21 heavy (non-hydrogen) atoms. The van der Waals surface area contributed by atoms with Gasteiger partial charge in [0.15, 0.2) is 6.61 Å². The van der Waals surface area contributed by atoms with Crippen LogP contribution >= 0.6 is 11.6 Å². The van der Waals surface area contributed by atoms with Gasteiger partial charge in [0.05, 0.1) is 6.10 Å². The molecule has 0 radical (unpaired) electrons. The van der Waals surface area contributed by atoms with Gasteiger partial charge in [0.1, 0.15) is 5.75 Å². The molecule has 1 aliphatic rings. The van der Waals surface area contributed by atoms with Crippen LogP contribution in [0.5, 0.6) is 5.75 Å². The third kappa shape index (κ3) is 5.56. The van der Waals surface area contributed by atoms with Crippen LogP contribution < -0.4 is 4.74 Å². The Labute approximate surface area is 131 Å². The van der Waals surface area contributed by atoms with E-state index in [0.717, 1.165) is 25.9 Å². The van der Waals surface area contributed by atoms with Gasteiger partial charge in [-0.3, -0.25) is 4.79 Å². The fourth-order valence-electron chi connectivity index (χ4n) is 2.28. The van der Waals surface area contributed by atoms with E-state index in [2.05, 4.69) is 0 Å². The molecule has 4 nitrogen and oxygen atoms in total. The maximum absolute atomic E-state index is 12.0. The molecular weight excluding hydrogens is 290 g/mol. The number of halogens is 1. The normalized spacial score (nSPS) is 18.3. The van der Waals surface area contributed by atoms with Gasteiger partial charge in [-0.05, 0) is 49.9 Å². The number of benzene rings is 1. The molecule has 1 aromatic carbocycles. The van der Waals surface area contributed by atoms with Crippen LogP contribution in [0.4, 0.5) is 0 Å². The van der Waals surface area contributed by atoms with E-state index in [0.29, 0.717) is 23.4 Å². The second-order valence-electron chi connectivity index (χ2n) is 5.34. The van der Waals surface area contributed by atoms with Crippen LogP contribution in [0.2, 0.25) is 5.02 Å². The molecule has 0 N–H and O–H groups in total. The van der Waals surface area contributed by atoms with Gasteiger partial charge >= 0.3 is 0 Å². The van der Waals surface area contributed by atoms with Gasteiger partial charge in [-0.15, -0.1) is 0 Å². The highest BCUT2D eigenvalue weighted by Gasteiger charge is 2.16. The second kappa shape index (κ2) is 8.25. The van der Waals surface area contributed by atoms with Crippen molar-refractivity contribution in [3.8, 4) is 5.75 Å². The van der Waals surface area contributed by atoms with E-state index >= 15 is 0 Å². The van der Waals surface area contributed by atoms with E-state index in [1.807, 2.05) is 0 Å². The Bertz CT molecular complexity index is 443. The van der Waals surface area contributed by atoms with Crippen molar-refractivity contribution in [1.82, 2.24) is 4.90 Å². The highest BCUT2D eigenvalue weighted by Crippen LogP contribution is 2.17. The summed E-state index contributed by atoms with van der Waals surface area (Å²) in [4.78, 5) is 13.7. The van der Waals surface area contributed by atoms with Crippen LogP contribution in [0.25, 0.3) is 0 Å². The number of likely N-dealkylation sites (N-methyl/N-ethyl adjacent to an activating group) is 1. The van der Waals surface area contributed by atoms with E-state index < -0.39 is 0 Å². The summed E-state index contributed by atoms with van der Waals surface area (Å²) in [7, 11) is 1.80. The third-order valence-corrected chi connectivity index (χ3v) is 3.91. The Morgan fingerprint density at radius 1 is 1.38 bits per heavy atom. The summed E-state index contributed by atoms with van der Waals surface area (Å²) in [6.07, 6.45) is 4.67. The average Bonchev–Trinajstić information content (AvgIpc) is 2.52. The van der Waals surface area contributed by atoms with Crippen molar-refractivity contribution < 1.29 is 14.3 Å². The molecule has 2 rings (SSSR count). The van der Waals surface area contributed by atoms with Crippen LogP contribution in [-0.2, 0) is 9.53 Å². The van der Waals surface area contributed by atoms with Gasteiger partial charge in [0.2, 0.25) is 0 Å². The molecule has 1 atom stereocenters. The zero-order valence-electron chi connectivity index (χ0n) is 12.4. The Balaban J connectivity index is 1.68. The maximum atomic E-state index is 12.0. The molecule has 1 heterocycles. The van der Waals surface area contributed by atoms with Crippen LogP contribution in [0.1, 0.15) is 25.7 Å². The molecule has 116 valence electrons. The molecule has 0 saturated carbocycles. The fourth-order valence-corrected chi connectivity index (χ4v) is 2.41. The number of carbonyl (C=O) groups is 1.